The lowest BCUT2D eigenvalue weighted by Gasteiger charge is -2.36. The van der Waals surface area contributed by atoms with Gasteiger partial charge in [-0.25, -0.2) is 0 Å². The molecule has 1 aromatic rings. The summed E-state index contributed by atoms with van der Waals surface area (Å²) in [5.41, 5.74) is -0.223. The van der Waals surface area contributed by atoms with Gasteiger partial charge >= 0.3 is 6.18 Å². The van der Waals surface area contributed by atoms with Gasteiger partial charge in [0.25, 0.3) is 0 Å². The van der Waals surface area contributed by atoms with Crippen LogP contribution in [0.5, 0.6) is 5.75 Å². The highest BCUT2D eigenvalue weighted by atomic mass is 79.9. The summed E-state index contributed by atoms with van der Waals surface area (Å²) in [5, 5.41) is 13.1. The summed E-state index contributed by atoms with van der Waals surface area (Å²) in [4.78, 5) is 1.30. The predicted octanol–water partition coefficient (Wildman–Crippen LogP) is 4.16. The van der Waals surface area contributed by atoms with Crippen molar-refractivity contribution in [1.82, 2.24) is 10.2 Å². The van der Waals surface area contributed by atoms with Crippen LogP contribution in [-0.4, -0.2) is 42.4 Å². The van der Waals surface area contributed by atoms with Crippen molar-refractivity contribution >= 4 is 52.3 Å². The highest BCUT2D eigenvalue weighted by Crippen LogP contribution is 2.44. The average Bonchev–Trinajstić information content (AvgIpc) is 2.35. The van der Waals surface area contributed by atoms with E-state index in [0.717, 1.165) is 0 Å². The summed E-state index contributed by atoms with van der Waals surface area (Å²) in [6.07, 6.45) is -4.49. The molecule has 0 unspecified atom stereocenters. The molecule has 2 rings (SSSR count). The summed E-state index contributed by atoms with van der Waals surface area (Å²) in [6, 6.07) is 0.674. The number of hydrogen-bond acceptors (Lipinski definition) is 3. The Kier molecular flexibility index (Phi) is 8.83. The molecule has 0 aromatic heterocycles. The highest BCUT2D eigenvalue weighted by Gasteiger charge is 2.46. The first-order valence-corrected chi connectivity index (χ1v) is 7.17. The Hall–Kier alpha value is 0.0800. The summed E-state index contributed by atoms with van der Waals surface area (Å²) < 4.78 is 40.4. The number of benzene rings is 1. The van der Waals surface area contributed by atoms with E-state index in [1.54, 1.807) is 0 Å². The Labute approximate surface area is 152 Å². The molecule has 0 aliphatic carbocycles. The largest absolute Gasteiger partial charge is 0.506 e. The van der Waals surface area contributed by atoms with Crippen molar-refractivity contribution in [2.24, 2.45) is 0 Å². The quantitative estimate of drug-likeness (QED) is 0.716. The third-order valence-electron chi connectivity index (χ3n) is 3.18. The molecule has 10 heteroatoms. The Morgan fingerprint density at radius 1 is 1.23 bits per heavy atom. The van der Waals surface area contributed by atoms with Crippen LogP contribution in [0.15, 0.2) is 16.6 Å². The number of nitrogens with zero attached hydrogens (tertiary/aromatic N) is 1. The molecule has 1 atom stereocenters. The highest BCUT2D eigenvalue weighted by molar-refractivity contribution is 9.10. The fourth-order valence-corrected chi connectivity index (χ4v) is 3.15. The number of phenolic OH excluding ortho intramolecular Hbond substituents is 1. The molecule has 1 fully saturated rings. The van der Waals surface area contributed by atoms with Crippen LogP contribution in [0.1, 0.15) is 11.6 Å². The SMILES string of the molecule is Cl.Cl.Oc1c(Br)cc(Cl)cc1[C@@H](N1CCNCC1)C(F)(F)F. The molecule has 0 amide bonds. The molecule has 0 bridgehead atoms. The third-order valence-corrected chi connectivity index (χ3v) is 4.00. The second-order valence-corrected chi connectivity index (χ2v) is 5.85. The first-order valence-electron chi connectivity index (χ1n) is 6.00. The molecule has 22 heavy (non-hydrogen) atoms. The number of phenols is 1. The van der Waals surface area contributed by atoms with E-state index < -0.39 is 18.0 Å². The Morgan fingerprint density at radius 3 is 2.27 bits per heavy atom. The minimum atomic E-state index is -4.49. The molecule has 0 saturated carbocycles. The maximum atomic E-state index is 13.4. The normalized spacial score (nSPS) is 17.3. The standard InChI is InChI=1S/C12H13BrClF3N2O.2ClH/c13-9-6-7(14)5-8(10(9)20)11(12(15,16)17)19-3-1-18-2-4-19;;/h5-6,11,18,20H,1-4H2;2*1H/t11-;;/m1../s1. The monoisotopic (exact) mass is 444 g/mol. The van der Waals surface area contributed by atoms with Crippen LogP contribution in [0.2, 0.25) is 5.02 Å². The van der Waals surface area contributed by atoms with Crippen LogP contribution in [0.25, 0.3) is 0 Å². The van der Waals surface area contributed by atoms with Crippen LogP contribution in [0.3, 0.4) is 0 Å². The summed E-state index contributed by atoms with van der Waals surface area (Å²) >= 11 is 8.84. The second-order valence-electron chi connectivity index (χ2n) is 4.56. The van der Waals surface area contributed by atoms with E-state index in [1.165, 1.54) is 17.0 Å². The molecular weight excluding hydrogens is 431 g/mol. The van der Waals surface area contributed by atoms with Crippen molar-refractivity contribution in [3.63, 3.8) is 0 Å². The number of nitrogens with one attached hydrogen (secondary N) is 1. The van der Waals surface area contributed by atoms with Crippen molar-refractivity contribution in [3.05, 3.63) is 27.2 Å². The molecule has 0 spiro atoms. The average molecular weight is 447 g/mol. The summed E-state index contributed by atoms with van der Waals surface area (Å²) in [7, 11) is 0. The first kappa shape index (κ1) is 22.1. The van der Waals surface area contributed by atoms with E-state index in [0.29, 0.717) is 13.1 Å². The van der Waals surface area contributed by atoms with Crippen LogP contribution >= 0.6 is 52.3 Å². The molecule has 128 valence electrons. The van der Waals surface area contributed by atoms with Gasteiger partial charge in [-0.15, -0.1) is 24.8 Å². The fourth-order valence-electron chi connectivity index (χ4n) is 2.31. The van der Waals surface area contributed by atoms with Gasteiger partial charge in [-0.05, 0) is 28.1 Å². The molecule has 2 N–H and O–H groups in total. The Balaban J connectivity index is 0.00000220. The predicted molar refractivity (Wildman–Crippen MR) is 88.6 cm³/mol. The molecule has 1 aromatic carbocycles. The van der Waals surface area contributed by atoms with Crippen LogP contribution in [0, 0.1) is 0 Å². The number of halogens is 7. The minimum absolute atomic E-state index is 0. The van der Waals surface area contributed by atoms with Gasteiger partial charge in [-0.3, -0.25) is 4.90 Å². The van der Waals surface area contributed by atoms with E-state index >= 15 is 0 Å². The lowest BCUT2D eigenvalue weighted by atomic mass is 10.0. The second kappa shape index (κ2) is 8.80. The summed E-state index contributed by atoms with van der Waals surface area (Å²) in [5.74, 6) is -0.421. The van der Waals surface area contributed by atoms with Crippen molar-refractivity contribution in [2.45, 2.75) is 12.2 Å². The van der Waals surface area contributed by atoms with Gasteiger partial charge in [0, 0.05) is 36.8 Å². The Bertz CT molecular complexity index is 499. The lowest BCUT2D eigenvalue weighted by Crippen LogP contribution is -2.49. The molecule has 3 nitrogen and oxygen atoms in total. The van der Waals surface area contributed by atoms with E-state index in [9.17, 15) is 18.3 Å². The van der Waals surface area contributed by atoms with Crippen LogP contribution in [-0.2, 0) is 0 Å². The van der Waals surface area contributed by atoms with Gasteiger partial charge in [-0.1, -0.05) is 11.6 Å². The fraction of sp³-hybridized carbons (Fsp3) is 0.500. The number of aromatic hydroxyl groups is 1. The minimum Gasteiger partial charge on any atom is -0.506 e. The first-order chi connectivity index (χ1) is 9.30. The van der Waals surface area contributed by atoms with Crippen molar-refractivity contribution in [1.29, 1.82) is 0 Å². The smallest absolute Gasteiger partial charge is 0.408 e. The number of hydrogen-bond donors (Lipinski definition) is 2. The number of alkyl halides is 3. The van der Waals surface area contributed by atoms with E-state index in [4.69, 9.17) is 11.6 Å². The van der Waals surface area contributed by atoms with Gasteiger partial charge in [0.05, 0.1) is 4.47 Å². The Morgan fingerprint density at radius 2 is 1.77 bits per heavy atom. The summed E-state index contributed by atoms with van der Waals surface area (Å²) in [6.45, 7) is 1.48. The molecule has 1 heterocycles. The molecular formula is C12H15BrCl3F3N2O. The van der Waals surface area contributed by atoms with Gasteiger partial charge in [0.1, 0.15) is 11.8 Å². The topological polar surface area (TPSA) is 35.5 Å². The van der Waals surface area contributed by atoms with Crippen molar-refractivity contribution in [3.8, 4) is 5.75 Å². The zero-order valence-electron chi connectivity index (χ0n) is 11.2. The lowest BCUT2D eigenvalue weighted by molar-refractivity contribution is -0.188. The van der Waals surface area contributed by atoms with Gasteiger partial charge in [0.15, 0.2) is 0 Å². The molecule has 1 aliphatic heterocycles. The van der Waals surface area contributed by atoms with E-state index in [-0.39, 0.29) is 53.0 Å². The van der Waals surface area contributed by atoms with Crippen molar-refractivity contribution in [2.75, 3.05) is 26.2 Å². The molecule has 1 saturated heterocycles. The van der Waals surface area contributed by atoms with Gasteiger partial charge < -0.3 is 10.4 Å². The third kappa shape index (κ3) is 5.04. The number of rotatable bonds is 2. The van der Waals surface area contributed by atoms with E-state index in [2.05, 4.69) is 21.2 Å². The van der Waals surface area contributed by atoms with Gasteiger partial charge in [-0.2, -0.15) is 13.2 Å². The number of piperazine rings is 1. The maximum Gasteiger partial charge on any atom is 0.408 e. The zero-order chi connectivity index (χ0) is 14.9. The van der Waals surface area contributed by atoms with Crippen LogP contribution in [0.4, 0.5) is 13.2 Å². The zero-order valence-corrected chi connectivity index (χ0v) is 15.1. The van der Waals surface area contributed by atoms with E-state index in [1.807, 2.05) is 0 Å². The molecule has 0 radical (unpaired) electrons. The van der Waals surface area contributed by atoms with Crippen molar-refractivity contribution < 1.29 is 18.3 Å². The molecule has 1 aliphatic rings. The maximum absolute atomic E-state index is 13.4. The van der Waals surface area contributed by atoms with Crippen LogP contribution < -0.4 is 5.32 Å². The van der Waals surface area contributed by atoms with Gasteiger partial charge in [0.2, 0.25) is 0 Å².